The van der Waals surface area contributed by atoms with Crippen LogP contribution in [0.2, 0.25) is 0 Å². The Bertz CT molecular complexity index is 819. The van der Waals surface area contributed by atoms with Gasteiger partial charge in [-0.15, -0.1) is 0 Å². The first-order valence-electron chi connectivity index (χ1n) is 7.57. The van der Waals surface area contributed by atoms with Crippen molar-refractivity contribution in [1.29, 1.82) is 0 Å². The summed E-state index contributed by atoms with van der Waals surface area (Å²) >= 11 is 0. The second-order valence-electron chi connectivity index (χ2n) is 5.75. The summed E-state index contributed by atoms with van der Waals surface area (Å²) in [7, 11) is 0. The Morgan fingerprint density at radius 1 is 1.42 bits per heavy atom. The summed E-state index contributed by atoms with van der Waals surface area (Å²) in [6, 6.07) is 5.41. The third-order valence-electron chi connectivity index (χ3n) is 4.21. The van der Waals surface area contributed by atoms with E-state index >= 15 is 0 Å². The van der Waals surface area contributed by atoms with Crippen molar-refractivity contribution in [2.75, 3.05) is 13.2 Å². The van der Waals surface area contributed by atoms with Crippen LogP contribution in [0.15, 0.2) is 28.8 Å². The van der Waals surface area contributed by atoms with Gasteiger partial charge >= 0.3 is 6.09 Å². The number of nitrogens with one attached hydrogen (secondary N) is 1. The standard InChI is InChI=1S/C16H14FN3O4/c17-10-3-1-2-9(6-10)14-11-7-20(5-4-13(11)24-19-14)15(21)12-8-23-16(22)18-12/h1-3,6,12H,4-5,7-8H2,(H,18,22)/t12-/m0/s1. The van der Waals surface area contributed by atoms with Crippen LogP contribution in [0.3, 0.4) is 0 Å². The van der Waals surface area contributed by atoms with Gasteiger partial charge in [-0.2, -0.15) is 0 Å². The van der Waals surface area contributed by atoms with Crippen LogP contribution in [-0.2, 0) is 22.5 Å². The highest BCUT2D eigenvalue weighted by molar-refractivity contribution is 5.88. The first-order valence-corrected chi connectivity index (χ1v) is 7.57. The predicted octanol–water partition coefficient (Wildman–Crippen LogP) is 1.47. The van der Waals surface area contributed by atoms with E-state index in [1.54, 1.807) is 17.0 Å². The monoisotopic (exact) mass is 331 g/mol. The molecular weight excluding hydrogens is 317 g/mol. The summed E-state index contributed by atoms with van der Waals surface area (Å²) in [5, 5.41) is 6.52. The van der Waals surface area contributed by atoms with Crippen molar-refractivity contribution in [1.82, 2.24) is 15.4 Å². The molecule has 124 valence electrons. The molecule has 0 radical (unpaired) electrons. The number of aromatic nitrogens is 1. The highest BCUT2D eigenvalue weighted by Gasteiger charge is 2.35. The quantitative estimate of drug-likeness (QED) is 0.901. The fourth-order valence-corrected chi connectivity index (χ4v) is 3.00. The Labute approximate surface area is 136 Å². The number of rotatable bonds is 2. The molecule has 1 saturated heterocycles. The van der Waals surface area contributed by atoms with Gasteiger partial charge in [-0.1, -0.05) is 17.3 Å². The van der Waals surface area contributed by atoms with Crippen molar-refractivity contribution in [3.8, 4) is 11.3 Å². The smallest absolute Gasteiger partial charge is 0.407 e. The molecule has 0 saturated carbocycles. The highest BCUT2D eigenvalue weighted by atomic mass is 19.1. The maximum atomic E-state index is 13.5. The minimum atomic E-state index is -0.670. The van der Waals surface area contributed by atoms with E-state index in [2.05, 4.69) is 10.5 Å². The molecule has 1 aromatic carbocycles. The maximum absolute atomic E-state index is 13.5. The average molecular weight is 331 g/mol. The first-order chi connectivity index (χ1) is 11.6. The first kappa shape index (κ1) is 14.7. The van der Waals surface area contributed by atoms with Gasteiger partial charge < -0.3 is 19.5 Å². The van der Waals surface area contributed by atoms with E-state index in [9.17, 15) is 14.0 Å². The molecule has 0 bridgehead atoms. The Balaban J connectivity index is 1.59. The Hall–Kier alpha value is -2.90. The van der Waals surface area contributed by atoms with Gasteiger partial charge in [0.05, 0.1) is 6.54 Å². The molecule has 2 aliphatic rings. The van der Waals surface area contributed by atoms with Gasteiger partial charge in [0, 0.05) is 24.1 Å². The zero-order valence-electron chi connectivity index (χ0n) is 12.6. The van der Waals surface area contributed by atoms with E-state index in [0.29, 0.717) is 36.5 Å². The molecule has 0 spiro atoms. The minimum absolute atomic E-state index is 0.0292. The highest BCUT2D eigenvalue weighted by Crippen LogP contribution is 2.30. The number of cyclic esters (lactones) is 1. The number of fused-ring (bicyclic) bond motifs is 1. The molecule has 1 atom stereocenters. The number of ether oxygens (including phenoxy) is 1. The maximum Gasteiger partial charge on any atom is 0.407 e. The van der Waals surface area contributed by atoms with Crippen LogP contribution in [0.1, 0.15) is 11.3 Å². The molecule has 8 heteroatoms. The average Bonchev–Trinajstić information content (AvgIpc) is 3.19. The van der Waals surface area contributed by atoms with Crippen LogP contribution in [0.25, 0.3) is 11.3 Å². The molecular formula is C16H14FN3O4. The van der Waals surface area contributed by atoms with E-state index < -0.39 is 12.1 Å². The number of hydrogen-bond donors (Lipinski definition) is 1. The second-order valence-corrected chi connectivity index (χ2v) is 5.75. The second kappa shape index (κ2) is 5.63. The lowest BCUT2D eigenvalue weighted by Crippen LogP contribution is -2.47. The molecule has 24 heavy (non-hydrogen) atoms. The van der Waals surface area contributed by atoms with Crippen LogP contribution in [0, 0.1) is 5.82 Å². The molecule has 2 aromatic rings. The zero-order valence-corrected chi connectivity index (χ0v) is 12.6. The molecule has 0 unspecified atom stereocenters. The molecule has 4 rings (SSSR count). The summed E-state index contributed by atoms with van der Waals surface area (Å²) < 4.78 is 23.6. The van der Waals surface area contributed by atoms with Crippen molar-refractivity contribution >= 4 is 12.0 Å². The lowest BCUT2D eigenvalue weighted by molar-refractivity contribution is -0.134. The Morgan fingerprint density at radius 3 is 3.04 bits per heavy atom. The molecule has 1 fully saturated rings. The van der Waals surface area contributed by atoms with Crippen LogP contribution < -0.4 is 5.32 Å². The lowest BCUT2D eigenvalue weighted by Gasteiger charge is -2.28. The van der Waals surface area contributed by atoms with Crippen molar-refractivity contribution < 1.29 is 23.2 Å². The van der Waals surface area contributed by atoms with E-state index in [1.165, 1.54) is 12.1 Å². The van der Waals surface area contributed by atoms with Crippen molar-refractivity contribution in [3.63, 3.8) is 0 Å². The van der Waals surface area contributed by atoms with Crippen LogP contribution >= 0.6 is 0 Å². The summed E-state index contributed by atoms with van der Waals surface area (Å²) in [5.74, 6) is 0.127. The van der Waals surface area contributed by atoms with Gasteiger partial charge in [0.1, 0.15) is 29.9 Å². The van der Waals surface area contributed by atoms with E-state index in [0.717, 1.165) is 5.56 Å². The third-order valence-corrected chi connectivity index (χ3v) is 4.21. The number of halogens is 1. The number of alkyl carbamates (subject to hydrolysis) is 1. The number of amides is 2. The van der Waals surface area contributed by atoms with Gasteiger partial charge in [0.15, 0.2) is 0 Å². The van der Waals surface area contributed by atoms with Gasteiger partial charge in [-0.3, -0.25) is 4.79 Å². The fourth-order valence-electron chi connectivity index (χ4n) is 3.00. The summed E-state index contributed by atoms with van der Waals surface area (Å²) in [4.78, 5) is 25.2. The number of benzene rings is 1. The predicted molar refractivity (Wildman–Crippen MR) is 79.3 cm³/mol. The summed E-state index contributed by atoms with van der Waals surface area (Å²) in [6.45, 7) is 0.799. The number of carbonyl (C=O) groups is 2. The van der Waals surface area contributed by atoms with Crippen molar-refractivity contribution in [3.05, 3.63) is 41.4 Å². The zero-order chi connectivity index (χ0) is 16.7. The molecule has 7 nitrogen and oxygen atoms in total. The van der Waals surface area contributed by atoms with Gasteiger partial charge in [0.25, 0.3) is 0 Å². The largest absolute Gasteiger partial charge is 0.447 e. The number of hydrogen-bond acceptors (Lipinski definition) is 5. The lowest BCUT2D eigenvalue weighted by atomic mass is 10.0. The Morgan fingerprint density at radius 2 is 2.29 bits per heavy atom. The van der Waals surface area contributed by atoms with E-state index in [-0.39, 0.29) is 18.3 Å². The molecule has 1 N–H and O–H groups in total. The molecule has 2 amide bonds. The normalized spacial score (nSPS) is 19.6. The minimum Gasteiger partial charge on any atom is -0.447 e. The molecule has 1 aromatic heterocycles. The summed E-state index contributed by atoms with van der Waals surface area (Å²) in [5.41, 5.74) is 1.91. The number of nitrogens with zero attached hydrogens (tertiary/aromatic N) is 2. The number of carbonyl (C=O) groups excluding carboxylic acids is 2. The molecule has 3 heterocycles. The van der Waals surface area contributed by atoms with Crippen LogP contribution in [-0.4, -0.2) is 41.3 Å². The topological polar surface area (TPSA) is 84.7 Å². The van der Waals surface area contributed by atoms with Crippen LogP contribution in [0.5, 0.6) is 0 Å². The summed E-state index contributed by atoms with van der Waals surface area (Å²) in [6.07, 6.45) is -0.0678. The van der Waals surface area contributed by atoms with Gasteiger partial charge in [-0.25, -0.2) is 9.18 Å². The van der Waals surface area contributed by atoms with Crippen molar-refractivity contribution in [2.45, 2.75) is 19.0 Å². The van der Waals surface area contributed by atoms with Gasteiger partial charge in [-0.05, 0) is 12.1 Å². The van der Waals surface area contributed by atoms with Crippen molar-refractivity contribution in [2.24, 2.45) is 0 Å². The third kappa shape index (κ3) is 2.49. The SMILES string of the molecule is O=C1N[C@H](C(=O)N2CCc3onc(-c4cccc(F)c4)c3C2)CO1. The van der Waals surface area contributed by atoms with Crippen LogP contribution in [0.4, 0.5) is 9.18 Å². The van der Waals surface area contributed by atoms with E-state index in [1.807, 2.05) is 0 Å². The molecule has 0 aliphatic carbocycles. The molecule has 2 aliphatic heterocycles. The van der Waals surface area contributed by atoms with E-state index in [4.69, 9.17) is 9.26 Å². The van der Waals surface area contributed by atoms with Gasteiger partial charge in [0.2, 0.25) is 5.91 Å². The Kier molecular flexibility index (Phi) is 3.44. The fraction of sp³-hybridized carbons (Fsp3) is 0.312.